The van der Waals surface area contributed by atoms with Gasteiger partial charge < -0.3 is 15.1 Å². The standard InChI is InChI=1S/C17H16ClNO3/c1-9-10(2)16(15(21)6-14(9)20)17(22)19-7-11-4-3-5-13(18)12(11)8-19/h3-6,20-21H,7-8H2,1-2H3/i4D. The Hall–Kier alpha value is -2.20. The molecule has 0 aliphatic carbocycles. The van der Waals surface area contributed by atoms with E-state index in [1.54, 1.807) is 30.9 Å². The van der Waals surface area contributed by atoms with Crippen molar-refractivity contribution in [1.82, 2.24) is 4.90 Å². The van der Waals surface area contributed by atoms with Crippen molar-refractivity contribution in [3.8, 4) is 11.5 Å². The maximum atomic E-state index is 12.8. The molecule has 114 valence electrons. The van der Waals surface area contributed by atoms with Gasteiger partial charge >= 0.3 is 0 Å². The van der Waals surface area contributed by atoms with Gasteiger partial charge in [0.25, 0.3) is 5.91 Å². The Kier molecular flexibility index (Phi) is 3.19. The number of benzene rings is 2. The number of rotatable bonds is 1. The topological polar surface area (TPSA) is 60.8 Å². The Morgan fingerprint density at radius 2 is 2.00 bits per heavy atom. The second-order valence-corrected chi connectivity index (χ2v) is 5.89. The molecule has 0 unspecified atom stereocenters. The van der Waals surface area contributed by atoms with Gasteiger partial charge in [-0.3, -0.25) is 4.79 Å². The lowest BCUT2D eigenvalue weighted by Crippen LogP contribution is -2.26. The zero-order valence-electron chi connectivity index (χ0n) is 13.3. The third-order valence-electron chi connectivity index (χ3n) is 4.19. The van der Waals surface area contributed by atoms with Crippen molar-refractivity contribution < 1.29 is 16.4 Å². The molecule has 0 radical (unpaired) electrons. The molecular formula is C17H16ClNO3. The van der Waals surface area contributed by atoms with Crippen molar-refractivity contribution in [3.63, 3.8) is 0 Å². The van der Waals surface area contributed by atoms with Gasteiger partial charge in [0, 0.05) is 24.2 Å². The van der Waals surface area contributed by atoms with Gasteiger partial charge in [-0.1, -0.05) is 23.7 Å². The van der Waals surface area contributed by atoms with Crippen molar-refractivity contribution in [3.05, 3.63) is 57.1 Å². The molecular weight excluding hydrogens is 302 g/mol. The van der Waals surface area contributed by atoms with Gasteiger partial charge in [0.2, 0.25) is 0 Å². The lowest BCUT2D eigenvalue weighted by molar-refractivity contribution is 0.0747. The molecule has 4 nitrogen and oxygen atoms in total. The van der Waals surface area contributed by atoms with Gasteiger partial charge in [-0.25, -0.2) is 0 Å². The molecule has 22 heavy (non-hydrogen) atoms. The van der Waals surface area contributed by atoms with E-state index < -0.39 is 0 Å². The fourth-order valence-corrected chi connectivity index (χ4v) is 2.99. The molecule has 2 N–H and O–H groups in total. The molecule has 0 saturated carbocycles. The lowest BCUT2D eigenvalue weighted by atomic mass is 10.00. The fourth-order valence-electron chi connectivity index (χ4n) is 2.75. The van der Waals surface area contributed by atoms with Crippen LogP contribution in [0.4, 0.5) is 0 Å². The van der Waals surface area contributed by atoms with Crippen LogP contribution in [0.25, 0.3) is 0 Å². The molecule has 1 amide bonds. The highest BCUT2D eigenvalue weighted by atomic mass is 35.5. The van der Waals surface area contributed by atoms with Crippen LogP contribution in [0, 0.1) is 13.8 Å². The van der Waals surface area contributed by atoms with Crippen LogP contribution in [-0.2, 0) is 13.1 Å². The number of phenolic OH excluding ortho intramolecular Hbond substituents is 2. The Morgan fingerprint density at radius 3 is 2.68 bits per heavy atom. The highest BCUT2D eigenvalue weighted by molar-refractivity contribution is 6.31. The predicted octanol–water partition coefficient (Wildman–Crippen LogP) is 3.52. The van der Waals surface area contributed by atoms with E-state index in [0.717, 1.165) is 11.1 Å². The number of hydrogen-bond donors (Lipinski definition) is 2. The van der Waals surface area contributed by atoms with Gasteiger partial charge in [-0.05, 0) is 42.2 Å². The number of nitrogens with zero attached hydrogens (tertiary/aromatic N) is 1. The molecule has 2 aromatic carbocycles. The summed E-state index contributed by atoms with van der Waals surface area (Å²) in [4.78, 5) is 14.4. The van der Waals surface area contributed by atoms with Crippen molar-refractivity contribution in [2.45, 2.75) is 26.9 Å². The largest absolute Gasteiger partial charge is 0.508 e. The van der Waals surface area contributed by atoms with Crippen LogP contribution >= 0.6 is 11.6 Å². The van der Waals surface area contributed by atoms with Crippen molar-refractivity contribution in [1.29, 1.82) is 0 Å². The van der Waals surface area contributed by atoms with E-state index in [1.807, 2.05) is 0 Å². The van der Waals surface area contributed by atoms with E-state index in [-0.39, 0.29) is 29.5 Å². The number of aromatic hydroxyl groups is 2. The van der Waals surface area contributed by atoms with Gasteiger partial charge in [0.05, 0.1) is 6.93 Å². The van der Waals surface area contributed by atoms with Crippen LogP contribution in [-0.4, -0.2) is 21.0 Å². The number of carbonyl (C=O) groups is 1. The second kappa shape index (κ2) is 5.21. The minimum Gasteiger partial charge on any atom is -0.508 e. The van der Waals surface area contributed by atoms with Crippen LogP contribution in [0.5, 0.6) is 11.5 Å². The fraction of sp³-hybridized carbons (Fsp3) is 0.235. The first-order chi connectivity index (χ1) is 10.8. The van der Waals surface area contributed by atoms with Gasteiger partial charge in [-0.15, -0.1) is 0 Å². The normalized spacial score (nSPS) is 14.0. The summed E-state index contributed by atoms with van der Waals surface area (Å²) in [5.74, 6) is -0.628. The first kappa shape index (κ1) is 13.5. The molecule has 0 atom stereocenters. The number of fused-ring (bicyclic) bond motifs is 1. The minimum atomic E-state index is -0.338. The summed E-state index contributed by atoms with van der Waals surface area (Å²) in [5, 5.41) is 20.4. The summed E-state index contributed by atoms with van der Waals surface area (Å²) in [6.45, 7) is 3.97. The molecule has 0 bridgehead atoms. The number of halogens is 1. The summed E-state index contributed by atoms with van der Waals surface area (Å²) >= 11 is 6.16. The van der Waals surface area contributed by atoms with E-state index in [1.165, 1.54) is 6.07 Å². The average Bonchev–Trinajstić information content (AvgIpc) is 2.95. The zero-order valence-corrected chi connectivity index (χ0v) is 13.0. The molecule has 0 saturated heterocycles. The first-order valence-electron chi connectivity index (χ1n) is 7.39. The SMILES string of the molecule is [2H]c1ccc(Cl)c2c1CN(C(=O)c1c(O)cc(O)c(C)c1C)C2. The maximum absolute atomic E-state index is 12.8. The molecule has 5 heteroatoms. The van der Waals surface area contributed by atoms with Crippen molar-refractivity contribution in [2.75, 3.05) is 0 Å². The summed E-state index contributed by atoms with van der Waals surface area (Å²) in [5.41, 5.74) is 2.79. The number of hydrogen-bond acceptors (Lipinski definition) is 3. The molecule has 1 aliphatic rings. The van der Waals surface area contributed by atoms with Gasteiger partial charge in [0.15, 0.2) is 0 Å². The molecule has 1 heterocycles. The second-order valence-electron chi connectivity index (χ2n) is 5.48. The molecule has 0 fully saturated rings. The van der Waals surface area contributed by atoms with Crippen LogP contribution in [0.1, 0.15) is 34.0 Å². The molecule has 0 spiro atoms. The quantitative estimate of drug-likeness (QED) is 0.845. The smallest absolute Gasteiger partial charge is 0.258 e. The van der Waals surface area contributed by atoms with Crippen molar-refractivity contribution in [2.24, 2.45) is 0 Å². The number of amides is 1. The van der Waals surface area contributed by atoms with E-state index >= 15 is 0 Å². The Balaban J connectivity index is 2.00. The van der Waals surface area contributed by atoms with E-state index in [2.05, 4.69) is 0 Å². The first-order valence-corrected chi connectivity index (χ1v) is 7.27. The van der Waals surface area contributed by atoms with Crippen molar-refractivity contribution >= 4 is 17.5 Å². The number of phenols is 2. The van der Waals surface area contributed by atoms with E-state index in [9.17, 15) is 15.0 Å². The van der Waals surface area contributed by atoms with Crippen LogP contribution in [0.15, 0.2) is 24.2 Å². The lowest BCUT2D eigenvalue weighted by Gasteiger charge is -2.19. The summed E-state index contributed by atoms with van der Waals surface area (Å²) in [7, 11) is 0. The Morgan fingerprint density at radius 1 is 1.27 bits per heavy atom. The molecule has 1 aliphatic heterocycles. The molecule has 3 rings (SSSR count). The molecule has 0 aromatic heterocycles. The van der Waals surface area contributed by atoms with E-state index in [0.29, 0.717) is 28.7 Å². The van der Waals surface area contributed by atoms with Crippen LogP contribution in [0.2, 0.25) is 5.02 Å². The van der Waals surface area contributed by atoms with Crippen LogP contribution in [0.3, 0.4) is 0 Å². The van der Waals surface area contributed by atoms with Crippen LogP contribution < -0.4 is 0 Å². The average molecular weight is 319 g/mol. The highest BCUT2D eigenvalue weighted by Gasteiger charge is 2.29. The predicted molar refractivity (Wildman–Crippen MR) is 84.3 cm³/mol. The van der Waals surface area contributed by atoms with Gasteiger partial charge in [0.1, 0.15) is 11.5 Å². The summed E-state index contributed by atoms with van der Waals surface area (Å²) < 4.78 is 7.95. The summed E-state index contributed by atoms with van der Waals surface area (Å²) in [6.07, 6.45) is 0. The number of carbonyl (C=O) groups excluding carboxylic acids is 1. The maximum Gasteiger partial charge on any atom is 0.258 e. The zero-order chi connectivity index (χ0) is 16.9. The third-order valence-corrected chi connectivity index (χ3v) is 4.54. The molecule has 2 aromatic rings. The minimum absolute atomic E-state index is 0.0438. The Bertz CT molecular complexity index is 804. The van der Waals surface area contributed by atoms with Gasteiger partial charge in [-0.2, -0.15) is 0 Å². The highest BCUT2D eigenvalue weighted by Crippen LogP contribution is 2.35. The Labute approximate surface area is 135 Å². The summed E-state index contributed by atoms with van der Waals surface area (Å²) in [6, 6.07) is 4.80. The third kappa shape index (κ3) is 2.20. The monoisotopic (exact) mass is 318 g/mol. The van der Waals surface area contributed by atoms with E-state index in [4.69, 9.17) is 13.0 Å².